The van der Waals surface area contributed by atoms with Crippen molar-refractivity contribution in [1.82, 2.24) is 14.9 Å². The maximum Gasteiger partial charge on any atom is 0.358 e. The summed E-state index contributed by atoms with van der Waals surface area (Å²) in [6.45, 7) is 1.65. The molecule has 108 valence electrons. The molecule has 2 rings (SSSR count). The maximum absolute atomic E-state index is 12.1. The van der Waals surface area contributed by atoms with E-state index in [0.717, 1.165) is 18.4 Å². The van der Waals surface area contributed by atoms with Crippen molar-refractivity contribution in [2.45, 2.75) is 17.7 Å². The molecule has 0 saturated heterocycles. The highest BCUT2D eigenvalue weighted by Gasteiger charge is 2.26. The standard InChI is InChI=1S/C10H11N3O5S2/c1-6-3-7(18-13-6)4-12-20(15,16)10-8(9(14)17-2)11-5-19-10/h3,5,12H,4H2,1-2H3. The quantitative estimate of drug-likeness (QED) is 0.808. The van der Waals surface area contributed by atoms with Crippen LogP contribution in [0, 0.1) is 6.92 Å². The topological polar surface area (TPSA) is 111 Å². The minimum absolute atomic E-state index is 0.0678. The number of carbonyl (C=O) groups excluding carboxylic acids is 1. The van der Waals surface area contributed by atoms with Crippen molar-refractivity contribution in [1.29, 1.82) is 0 Å². The van der Waals surface area contributed by atoms with Crippen LogP contribution in [0.15, 0.2) is 20.3 Å². The third kappa shape index (κ3) is 3.03. The fraction of sp³-hybridized carbons (Fsp3) is 0.300. The zero-order valence-corrected chi connectivity index (χ0v) is 12.2. The molecule has 0 aromatic carbocycles. The Kier molecular flexibility index (Phi) is 4.16. The lowest BCUT2D eigenvalue weighted by molar-refractivity contribution is 0.0590. The highest BCUT2D eigenvalue weighted by atomic mass is 32.2. The first-order valence-electron chi connectivity index (χ1n) is 5.37. The van der Waals surface area contributed by atoms with Crippen LogP contribution in [0.1, 0.15) is 21.9 Å². The fourth-order valence-electron chi connectivity index (χ4n) is 1.39. The average molecular weight is 317 g/mol. The number of hydrogen-bond donors (Lipinski definition) is 1. The first-order valence-corrected chi connectivity index (χ1v) is 7.74. The summed E-state index contributed by atoms with van der Waals surface area (Å²) < 4.78 is 35.7. The van der Waals surface area contributed by atoms with E-state index in [-0.39, 0.29) is 16.4 Å². The van der Waals surface area contributed by atoms with Gasteiger partial charge in [-0.2, -0.15) is 0 Å². The molecule has 0 fully saturated rings. The van der Waals surface area contributed by atoms with Crippen LogP contribution in [0.2, 0.25) is 0 Å². The number of methoxy groups -OCH3 is 1. The molecule has 2 aromatic heterocycles. The lowest BCUT2D eigenvalue weighted by Gasteiger charge is -2.03. The van der Waals surface area contributed by atoms with E-state index >= 15 is 0 Å². The first kappa shape index (κ1) is 14.6. The number of aromatic nitrogens is 2. The minimum atomic E-state index is -3.87. The van der Waals surface area contributed by atoms with Gasteiger partial charge in [0.15, 0.2) is 15.7 Å². The highest BCUT2D eigenvalue weighted by Crippen LogP contribution is 2.20. The Labute approximate surface area is 118 Å². The van der Waals surface area contributed by atoms with E-state index in [4.69, 9.17) is 4.52 Å². The Morgan fingerprint density at radius 2 is 2.30 bits per heavy atom. The van der Waals surface area contributed by atoms with Gasteiger partial charge in [0.1, 0.15) is 0 Å². The number of carbonyl (C=O) groups is 1. The number of nitrogens with one attached hydrogen (secondary N) is 1. The molecule has 0 saturated carbocycles. The largest absolute Gasteiger partial charge is 0.464 e. The van der Waals surface area contributed by atoms with E-state index < -0.39 is 16.0 Å². The van der Waals surface area contributed by atoms with Gasteiger partial charge in [-0.05, 0) is 6.92 Å². The van der Waals surface area contributed by atoms with Crippen LogP contribution in [0.4, 0.5) is 0 Å². The Hall–Kier alpha value is -1.78. The number of thiazole rings is 1. The third-order valence-electron chi connectivity index (χ3n) is 2.27. The molecule has 0 aliphatic carbocycles. The maximum atomic E-state index is 12.1. The van der Waals surface area contributed by atoms with Crippen LogP contribution in [-0.4, -0.2) is 31.6 Å². The van der Waals surface area contributed by atoms with Crippen molar-refractivity contribution in [3.8, 4) is 0 Å². The monoisotopic (exact) mass is 317 g/mol. The molecule has 0 atom stereocenters. The molecule has 0 spiro atoms. The minimum Gasteiger partial charge on any atom is -0.464 e. The van der Waals surface area contributed by atoms with Gasteiger partial charge < -0.3 is 9.26 Å². The normalized spacial score (nSPS) is 11.5. The van der Waals surface area contributed by atoms with Crippen molar-refractivity contribution in [3.05, 3.63) is 28.7 Å². The van der Waals surface area contributed by atoms with Gasteiger partial charge in [-0.1, -0.05) is 5.16 Å². The number of hydrogen-bond acceptors (Lipinski definition) is 8. The Morgan fingerprint density at radius 3 is 2.90 bits per heavy atom. The van der Waals surface area contributed by atoms with E-state index in [1.54, 1.807) is 13.0 Å². The molecular formula is C10H11N3O5S2. The number of sulfonamides is 1. The molecule has 0 unspecified atom stereocenters. The number of ether oxygens (including phenoxy) is 1. The van der Waals surface area contributed by atoms with Gasteiger partial charge in [0.05, 0.1) is 24.9 Å². The molecule has 8 nitrogen and oxygen atoms in total. The Bertz CT molecular complexity index is 719. The lowest BCUT2D eigenvalue weighted by atomic mass is 10.4. The summed E-state index contributed by atoms with van der Waals surface area (Å²) in [4.78, 5) is 15.1. The molecule has 0 amide bonds. The van der Waals surface area contributed by atoms with E-state index in [1.165, 1.54) is 5.51 Å². The van der Waals surface area contributed by atoms with Crippen LogP contribution in [0.3, 0.4) is 0 Å². The van der Waals surface area contributed by atoms with Crippen LogP contribution in [0.5, 0.6) is 0 Å². The van der Waals surface area contributed by atoms with Crippen molar-refractivity contribution < 1.29 is 22.5 Å². The summed E-state index contributed by atoms with van der Waals surface area (Å²) in [5, 5.41) is 3.65. The van der Waals surface area contributed by atoms with Gasteiger partial charge in [0.25, 0.3) is 10.0 Å². The van der Waals surface area contributed by atoms with Gasteiger partial charge in [0.2, 0.25) is 0 Å². The summed E-state index contributed by atoms with van der Waals surface area (Å²) in [7, 11) is -2.72. The number of esters is 1. The van der Waals surface area contributed by atoms with E-state index in [0.29, 0.717) is 11.5 Å². The van der Waals surface area contributed by atoms with Crippen molar-refractivity contribution >= 4 is 27.3 Å². The summed E-state index contributed by atoms with van der Waals surface area (Å²) in [6, 6.07) is 1.61. The van der Waals surface area contributed by atoms with Gasteiger partial charge in [-0.15, -0.1) is 11.3 Å². The SMILES string of the molecule is COC(=O)c1ncsc1S(=O)(=O)NCc1cc(C)no1. The van der Waals surface area contributed by atoms with Gasteiger partial charge in [0, 0.05) is 6.07 Å². The molecular weight excluding hydrogens is 306 g/mol. The van der Waals surface area contributed by atoms with E-state index in [2.05, 4.69) is 19.6 Å². The second-order valence-corrected chi connectivity index (χ2v) is 6.56. The summed E-state index contributed by atoms with van der Waals surface area (Å²) in [5.41, 5.74) is 1.67. The number of nitrogens with zero attached hydrogens (tertiary/aromatic N) is 2. The van der Waals surface area contributed by atoms with Gasteiger partial charge in [-0.25, -0.2) is 22.9 Å². The predicted molar refractivity (Wildman–Crippen MR) is 68.7 cm³/mol. The van der Waals surface area contributed by atoms with Crippen LogP contribution >= 0.6 is 11.3 Å². The second-order valence-electron chi connectivity index (χ2n) is 3.74. The second kappa shape index (κ2) is 5.69. The lowest BCUT2D eigenvalue weighted by Crippen LogP contribution is -2.24. The Balaban J connectivity index is 2.18. The van der Waals surface area contributed by atoms with Crippen LogP contribution in [-0.2, 0) is 21.3 Å². The number of rotatable bonds is 5. The zero-order valence-electron chi connectivity index (χ0n) is 10.6. The molecule has 1 N–H and O–H groups in total. The molecule has 0 radical (unpaired) electrons. The molecule has 2 aromatic rings. The van der Waals surface area contributed by atoms with Crippen LogP contribution in [0.25, 0.3) is 0 Å². The first-order chi connectivity index (χ1) is 9.44. The van der Waals surface area contributed by atoms with Crippen LogP contribution < -0.4 is 4.72 Å². The smallest absolute Gasteiger partial charge is 0.358 e. The number of aryl methyl sites for hydroxylation is 1. The van der Waals surface area contributed by atoms with Crippen molar-refractivity contribution in [2.75, 3.05) is 7.11 Å². The molecule has 0 bridgehead atoms. The summed E-state index contributed by atoms with van der Waals surface area (Å²) >= 11 is 0.832. The van der Waals surface area contributed by atoms with Gasteiger partial charge in [-0.3, -0.25) is 0 Å². The average Bonchev–Trinajstić information content (AvgIpc) is 3.04. The fourth-order valence-corrected chi connectivity index (χ4v) is 3.56. The molecule has 10 heteroatoms. The van der Waals surface area contributed by atoms with Crippen molar-refractivity contribution in [3.63, 3.8) is 0 Å². The van der Waals surface area contributed by atoms with Gasteiger partial charge >= 0.3 is 5.97 Å². The molecule has 0 aliphatic heterocycles. The summed E-state index contributed by atoms with van der Waals surface area (Å²) in [5.74, 6) is -0.433. The van der Waals surface area contributed by atoms with Crippen molar-refractivity contribution in [2.24, 2.45) is 0 Å². The molecule has 2 heterocycles. The molecule has 20 heavy (non-hydrogen) atoms. The zero-order chi connectivity index (χ0) is 14.8. The third-order valence-corrected chi connectivity index (χ3v) is 5.04. The predicted octanol–water partition coefficient (Wildman–Crippen LogP) is 0.705. The highest BCUT2D eigenvalue weighted by molar-refractivity contribution is 7.91. The molecule has 0 aliphatic rings. The van der Waals surface area contributed by atoms with E-state index in [1.807, 2.05) is 0 Å². The van der Waals surface area contributed by atoms with E-state index in [9.17, 15) is 13.2 Å². The Morgan fingerprint density at radius 1 is 1.55 bits per heavy atom. The summed E-state index contributed by atoms with van der Waals surface area (Å²) in [6.07, 6.45) is 0.